The van der Waals surface area contributed by atoms with Crippen LogP contribution in [-0.2, 0) is 22.5 Å². The van der Waals surface area contributed by atoms with Gasteiger partial charge in [0.2, 0.25) is 5.91 Å². The number of halogens is 1. The molecule has 2 aliphatic rings. The van der Waals surface area contributed by atoms with Gasteiger partial charge in [-0.1, -0.05) is 0 Å². The van der Waals surface area contributed by atoms with Gasteiger partial charge in [0, 0.05) is 31.0 Å². The van der Waals surface area contributed by atoms with Crippen molar-refractivity contribution in [1.82, 2.24) is 14.4 Å². The second kappa shape index (κ2) is 6.86. The molecule has 1 aromatic heterocycles. The number of aromatic nitrogens is 1. The molecule has 27 heavy (non-hydrogen) atoms. The van der Waals surface area contributed by atoms with Crippen LogP contribution < -0.4 is 5.56 Å². The molecule has 0 N–H and O–H groups in total. The van der Waals surface area contributed by atoms with Gasteiger partial charge in [-0.05, 0) is 41.8 Å². The number of carbonyl (C=O) groups is 2. The fourth-order valence-corrected chi connectivity index (χ4v) is 3.38. The van der Waals surface area contributed by atoms with E-state index < -0.39 is 6.09 Å². The quantitative estimate of drug-likeness (QED) is 0.816. The van der Waals surface area contributed by atoms with Crippen molar-refractivity contribution >= 4 is 12.0 Å². The van der Waals surface area contributed by atoms with Crippen LogP contribution in [0.2, 0.25) is 0 Å². The fourth-order valence-electron chi connectivity index (χ4n) is 3.38. The van der Waals surface area contributed by atoms with E-state index >= 15 is 0 Å². The van der Waals surface area contributed by atoms with Crippen molar-refractivity contribution in [2.24, 2.45) is 0 Å². The molecule has 3 heterocycles. The smallest absolute Gasteiger partial charge is 0.410 e. The van der Waals surface area contributed by atoms with E-state index in [-0.39, 0.29) is 23.8 Å². The first-order valence-corrected chi connectivity index (χ1v) is 8.71. The lowest BCUT2D eigenvalue weighted by atomic mass is 10.0. The van der Waals surface area contributed by atoms with Gasteiger partial charge in [0.05, 0.1) is 6.54 Å². The van der Waals surface area contributed by atoms with Gasteiger partial charge < -0.3 is 9.64 Å². The van der Waals surface area contributed by atoms with Crippen molar-refractivity contribution in [2.45, 2.75) is 13.0 Å². The summed E-state index contributed by atoms with van der Waals surface area (Å²) in [7, 11) is 0. The highest BCUT2D eigenvalue weighted by Crippen LogP contribution is 2.19. The minimum absolute atomic E-state index is 0.00817. The van der Waals surface area contributed by atoms with Crippen molar-refractivity contribution in [3.63, 3.8) is 0 Å². The predicted molar refractivity (Wildman–Crippen MR) is 94.0 cm³/mol. The zero-order valence-corrected chi connectivity index (χ0v) is 14.6. The number of benzene rings is 1. The summed E-state index contributed by atoms with van der Waals surface area (Å²) in [4.78, 5) is 39.5. The topological polar surface area (TPSA) is 71.8 Å². The van der Waals surface area contributed by atoms with E-state index in [0.717, 1.165) is 11.1 Å². The Bertz CT molecular complexity index is 954. The SMILES string of the molecule is O=C(CN1CCOC1=O)N1CCc2cc(=O)n(-c3ccc(F)cc3)cc2C1. The molecule has 0 spiro atoms. The van der Waals surface area contributed by atoms with Crippen LogP contribution in [0.25, 0.3) is 5.69 Å². The third-order valence-corrected chi connectivity index (χ3v) is 4.87. The van der Waals surface area contributed by atoms with E-state index in [1.165, 1.54) is 33.7 Å². The summed E-state index contributed by atoms with van der Waals surface area (Å²) in [5.74, 6) is -0.527. The first kappa shape index (κ1) is 17.3. The first-order valence-electron chi connectivity index (χ1n) is 8.71. The molecule has 7 nitrogen and oxygen atoms in total. The predicted octanol–water partition coefficient (Wildman–Crippen LogP) is 1.31. The highest BCUT2D eigenvalue weighted by atomic mass is 19.1. The van der Waals surface area contributed by atoms with Crippen LogP contribution in [0.15, 0.2) is 41.3 Å². The van der Waals surface area contributed by atoms with Crippen LogP contribution in [0.3, 0.4) is 0 Å². The summed E-state index contributed by atoms with van der Waals surface area (Å²) in [6.45, 7) is 1.57. The summed E-state index contributed by atoms with van der Waals surface area (Å²) in [6, 6.07) is 7.23. The molecule has 0 radical (unpaired) electrons. The molecule has 0 aliphatic carbocycles. The zero-order valence-electron chi connectivity index (χ0n) is 14.6. The lowest BCUT2D eigenvalue weighted by molar-refractivity contribution is -0.132. The Labute approximate surface area is 154 Å². The average molecular weight is 371 g/mol. The Morgan fingerprint density at radius 2 is 1.89 bits per heavy atom. The van der Waals surface area contributed by atoms with E-state index in [9.17, 15) is 18.8 Å². The average Bonchev–Trinajstić information content (AvgIpc) is 3.06. The van der Waals surface area contributed by atoms with Gasteiger partial charge in [-0.3, -0.25) is 19.1 Å². The summed E-state index contributed by atoms with van der Waals surface area (Å²) in [5.41, 5.74) is 2.14. The lowest BCUT2D eigenvalue weighted by Gasteiger charge is -2.30. The molecule has 0 saturated carbocycles. The van der Waals surface area contributed by atoms with Gasteiger partial charge in [-0.2, -0.15) is 0 Å². The molecule has 8 heteroatoms. The highest BCUT2D eigenvalue weighted by Gasteiger charge is 2.28. The van der Waals surface area contributed by atoms with Crippen molar-refractivity contribution in [3.05, 3.63) is 63.8 Å². The first-order chi connectivity index (χ1) is 13.0. The van der Waals surface area contributed by atoms with Gasteiger partial charge in [0.25, 0.3) is 5.56 Å². The molecular formula is C19H18FN3O4. The molecule has 1 aromatic carbocycles. The van der Waals surface area contributed by atoms with Crippen molar-refractivity contribution < 1.29 is 18.7 Å². The van der Waals surface area contributed by atoms with Gasteiger partial charge in [0.1, 0.15) is 19.0 Å². The molecular weight excluding hydrogens is 353 g/mol. The number of amides is 2. The number of ether oxygens (including phenoxy) is 1. The molecule has 1 fully saturated rings. The summed E-state index contributed by atoms with van der Waals surface area (Å²) in [6.07, 6.45) is 1.81. The monoisotopic (exact) mass is 371 g/mol. The van der Waals surface area contributed by atoms with Crippen LogP contribution in [-0.4, -0.2) is 52.6 Å². The Morgan fingerprint density at radius 3 is 2.59 bits per heavy atom. The third kappa shape index (κ3) is 3.42. The second-order valence-corrected chi connectivity index (χ2v) is 6.61. The molecule has 2 amide bonds. The molecule has 2 aromatic rings. The zero-order chi connectivity index (χ0) is 19.0. The van der Waals surface area contributed by atoms with E-state index in [0.29, 0.717) is 38.3 Å². The number of carbonyl (C=O) groups excluding carboxylic acids is 2. The van der Waals surface area contributed by atoms with Crippen molar-refractivity contribution in [2.75, 3.05) is 26.2 Å². The van der Waals surface area contributed by atoms with Gasteiger partial charge in [-0.25, -0.2) is 9.18 Å². The summed E-state index contributed by atoms with van der Waals surface area (Å²) in [5, 5.41) is 0. The number of fused-ring (bicyclic) bond motifs is 1. The van der Waals surface area contributed by atoms with Crippen LogP contribution in [0, 0.1) is 5.82 Å². The Morgan fingerprint density at radius 1 is 1.11 bits per heavy atom. The molecule has 0 bridgehead atoms. The fraction of sp³-hybridized carbons (Fsp3) is 0.316. The third-order valence-electron chi connectivity index (χ3n) is 4.87. The van der Waals surface area contributed by atoms with Crippen LogP contribution in [0.4, 0.5) is 9.18 Å². The molecule has 1 saturated heterocycles. The van der Waals surface area contributed by atoms with E-state index in [2.05, 4.69) is 0 Å². The van der Waals surface area contributed by atoms with E-state index in [1.54, 1.807) is 17.2 Å². The van der Waals surface area contributed by atoms with Crippen molar-refractivity contribution in [3.8, 4) is 5.69 Å². The van der Waals surface area contributed by atoms with Gasteiger partial charge in [-0.15, -0.1) is 0 Å². The lowest BCUT2D eigenvalue weighted by Crippen LogP contribution is -2.43. The maximum Gasteiger partial charge on any atom is 0.410 e. The Hall–Kier alpha value is -3.16. The number of cyclic esters (lactones) is 1. The van der Waals surface area contributed by atoms with E-state index in [4.69, 9.17) is 4.74 Å². The maximum absolute atomic E-state index is 13.1. The molecule has 2 aliphatic heterocycles. The minimum atomic E-state index is -0.467. The largest absolute Gasteiger partial charge is 0.448 e. The van der Waals surface area contributed by atoms with Crippen LogP contribution in [0.5, 0.6) is 0 Å². The van der Waals surface area contributed by atoms with Crippen molar-refractivity contribution in [1.29, 1.82) is 0 Å². The summed E-state index contributed by atoms with van der Waals surface area (Å²) < 4.78 is 19.4. The minimum Gasteiger partial charge on any atom is -0.448 e. The van der Waals surface area contributed by atoms with Gasteiger partial charge >= 0.3 is 6.09 Å². The summed E-state index contributed by atoms with van der Waals surface area (Å²) >= 11 is 0. The van der Waals surface area contributed by atoms with Gasteiger partial charge in [0.15, 0.2) is 0 Å². The highest BCUT2D eigenvalue weighted by molar-refractivity contribution is 5.83. The number of pyridine rings is 1. The van der Waals surface area contributed by atoms with Crippen LogP contribution >= 0.6 is 0 Å². The Balaban J connectivity index is 1.55. The second-order valence-electron chi connectivity index (χ2n) is 6.61. The van der Waals surface area contributed by atoms with E-state index in [1.807, 2.05) is 0 Å². The molecule has 4 rings (SSSR count). The Kier molecular flexibility index (Phi) is 4.39. The molecule has 0 unspecified atom stereocenters. The van der Waals surface area contributed by atoms with Crippen LogP contribution in [0.1, 0.15) is 11.1 Å². The number of nitrogens with zero attached hydrogens (tertiary/aromatic N) is 3. The molecule has 140 valence electrons. The number of hydrogen-bond donors (Lipinski definition) is 0. The maximum atomic E-state index is 13.1. The number of rotatable bonds is 3. The molecule has 0 atom stereocenters. The number of hydrogen-bond acceptors (Lipinski definition) is 4. The standard InChI is InChI=1S/C19H18FN3O4/c20-15-1-3-16(4-2-15)23-11-14-10-21(6-5-13(14)9-17(23)24)18(25)12-22-7-8-27-19(22)26/h1-4,9,11H,5-8,10,12H2. The normalized spacial score (nSPS) is 16.3.